The van der Waals surface area contributed by atoms with Crippen LogP contribution in [-0.4, -0.2) is 22.1 Å². The minimum absolute atomic E-state index is 0.324. The lowest BCUT2D eigenvalue weighted by molar-refractivity contribution is 0.125. The molecule has 0 amide bonds. The van der Waals surface area contributed by atoms with Gasteiger partial charge in [-0.2, -0.15) is 4.98 Å². The number of rotatable bonds is 5. The first-order valence-corrected chi connectivity index (χ1v) is 7.02. The Hall–Kier alpha value is -2.30. The van der Waals surface area contributed by atoms with Crippen LogP contribution in [0.5, 0.6) is 5.88 Å². The number of nitrogens with two attached hydrogens (primary N) is 1. The molecular formula is C16H22N4O. The summed E-state index contributed by atoms with van der Waals surface area (Å²) in [5, 5.41) is 3.27. The normalized spacial score (nSPS) is 11.2. The maximum atomic E-state index is 5.89. The maximum absolute atomic E-state index is 5.89. The molecule has 0 unspecified atom stereocenters. The van der Waals surface area contributed by atoms with Crippen LogP contribution in [0.25, 0.3) is 0 Å². The predicted octanol–water partition coefficient (Wildman–Crippen LogP) is 2.89. The van der Waals surface area contributed by atoms with Crippen LogP contribution < -0.4 is 15.8 Å². The first-order valence-electron chi connectivity index (χ1n) is 7.02. The van der Waals surface area contributed by atoms with E-state index in [0.717, 1.165) is 18.8 Å². The molecule has 0 aliphatic carbocycles. The number of aromatic nitrogens is 2. The minimum Gasteiger partial charge on any atom is -0.470 e. The van der Waals surface area contributed by atoms with Crippen molar-refractivity contribution in [3.63, 3.8) is 0 Å². The number of nitrogens with zero attached hydrogens (tertiary/aromatic N) is 2. The highest BCUT2D eigenvalue weighted by atomic mass is 16.5. The van der Waals surface area contributed by atoms with Gasteiger partial charge < -0.3 is 15.8 Å². The second-order valence-corrected chi connectivity index (χ2v) is 5.84. The Morgan fingerprint density at radius 3 is 2.71 bits per heavy atom. The first kappa shape index (κ1) is 15.1. The summed E-state index contributed by atoms with van der Waals surface area (Å²) in [5.41, 5.74) is 7.30. The molecule has 0 saturated carbocycles. The lowest BCUT2D eigenvalue weighted by atomic mass is 10.2. The van der Waals surface area contributed by atoms with Crippen molar-refractivity contribution in [3.05, 3.63) is 42.2 Å². The van der Waals surface area contributed by atoms with Crippen LogP contribution in [0.3, 0.4) is 0 Å². The average molecular weight is 286 g/mol. The van der Waals surface area contributed by atoms with Crippen LogP contribution in [0.15, 0.2) is 36.7 Å². The highest BCUT2D eigenvalue weighted by molar-refractivity contribution is 5.53. The Kier molecular flexibility index (Phi) is 4.62. The Morgan fingerprint density at radius 2 is 2.05 bits per heavy atom. The second kappa shape index (κ2) is 6.43. The summed E-state index contributed by atoms with van der Waals surface area (Å²) >= 11 is 0. The number of pyridine rings is 2. The number of hydrogen-bond acceptors (Lipinski definition) is 5. The predicted molar refractivity (Wildman–Crippen MR) is 85.5 cm³/mol. The van der Waals surface area contributed by atoms with Gasteiger partial charge in [0.1, 0.15) is 11.4 Å². The highest BCUT2D eigenvalue weighted by Crippen LogP contribution is 2.24. The van der Waals surface area contributed by atoms with Gasteiger partial charge in [0.05, 0.1) is 5.69 Å². The van der Waals surface area contributed by atoms with Gasteiger partial charge in [0.25, 0.3) is 0 Å². The van der Waals surface area contributed by atoms with Crippen molar-refractivity contribution < 1.29 is 4.74 Å². The van der Waals surface area contributed by atoms with E-state index in [1.54, 1.807) is 12.3 Å². The Morgan fingerprint density at radius 1 is 1.24 bits per heavy atom. The summed E-state index contributed by atoms with van der Waals surface area (Å²) < 4.78 is 5.75. The van der Waals surface area contributed by atoms with Gasteiger partial charge in [-0.05, 0) is 51.0 Å². The minimum atomic E-state index is -0.324. The topological polar surface area (TPSA) is 73.1 Å². The molecule has 2 aromatic heterocycles. The number of nitrogens with one attached hydrogen (secondary N) is 1. The van der Waals surface area contributed by atoms with E-state index in [1.165, 1.54) is 5.56 Å². The zero-order chi connectivity index (χ0) is 15.3. The van der Waals surface area contributed by atoms with Gasteiger partial charge in [0.2, 0.25) is 5.88 Å². The van der Waals surface area contributed by atoms with Crippen molar-refractivity contribution in [1.29, 1.82) is 0 Å². The van der Waals surface area contributed by atoms with E-state index < -0.39 is 0 Å². The fourth-order valence-corrected chi connectivity index (χ4v) is 1.80. The number of hydrogen-bond donors (Lipinski definition) is 2. The fourth-order valence-electron chi connectivity index (χ4n) is 1.80. The van der Waals surface area contributed by atoms with Gasteiger partial charge in [0, 0.05) is 18.9 Å². The lowest BCUT2D eigenvalue weighted by Gasteiger charge is -2.21. The molecule has 0 atom stereocenters. The fraction of sp³-hybridized carbons (Fsp3) is 0.375. The monoisotopic (exact) mass is 286 g/mol. The molecule has 2 aromatic rings. The maximum Gasteiger partial charge on any atom is 0.239 e. The summed E-state index contributed by atoms with van der Waals surface area (Å²) in [6.07, 6.45) is 4.52. The van der Waals surface area contributed by atoms with Crippen molar-refractivity contribution in [1.82, 2.24) is 9.97 Å². The molecule has 0 aromatic carbocycles. The van der Waals surface area contributed by atoms with E-state index in [9.17, 15) is 0 Å². The van der Waals surface area contributed by atoms with Gasteiger partial charge in [-0.3, -0.25) is 4.98 Å². The molecule has 112 valence electrons. The summed E-state index contributed by atoms with van der Waals surface area (Å²) in [4.78, 5) is 8.51. The molecule has 2 rings (SSSR count). The molecule has 5 heteroatoms. The van der Waals surface area contributed by atoms with E-state index in [0.29, 0.717) is 11.6 Å². The molecule has 0 saturated heterocycles. The van der Waals surface area contributed by atoms with E-state index in [1.807, 2.05) is 39.1 Å². The molecule has 0 spiro atoms. The molecule has 2 heterocycles. The Balaban J connectivity index is 1.96. The standard InChI is InChI=1S/C16H22N4O/c1-16(2,3)21-15-13(17)6-7-14(20-15)19-10-8-12-5-4-9-18-11-12/h4-7,9,11H,8,10,17H2,1-3H3,(H,19,20). The van der Waals surface area contributed by atoms with E-state index in [-0.39, 0.29) is 5.60 Å². The summed E-state index contributed by atoms with van der Waals surface area (Å²) in [6.45, 7) is 6.68. The molecule has 0 aliphatic heterocycles. The number of ether oxygens (including phenoxy) is 1. The SMILES string of the molecule is CC(C)(C)Oc1nc(NCCc2cccnc2)ccc1N. The summed E-state index contributed by atoms with van der Waals surface area (Å²) in [5.74, 6) is 1.22. The average Bonchev–Trinajstić information content (AvgIpc) is 2.42. The van der Waals surface area contributed by atoms with E-state index in [2.05, 4.69) is 21.4 Å². The van der Waals surface area contributed by atoms with Gasteiger partial charge in [-0.1, -0.05) is 6.07 Å². The zero-order valence-corrected chi connectivity index (χ0v) is 12.8. The Bertz CT molecular complexity index is 579. The van der Waals surface area contributed by atoms with Crippen LogP contribution in [0.1, 0.15) is 26.3 Å². The van der Waals surface area contributed by atoms with Crippen molar-refractivity contribution >= 4 is 11.5 Å². The first-order chi connectivity index (χ1) is 9.94. The van der Waals surface area contributed by atoms with E-state index >= 15 is 0 Å². The van der Waals surface area contributed by atoms with Crippen LogP contribution in [-0.2, 0) is 6.42 Å². The smallest absolute Gasteiger partial charge is 0.239 e. The zero-order valence-electron chi connectivity index (χ0n) is 12.8. The molecule has 0 bridgehead atoms. The largest absolute Gasteiger partial charge is 0.470 e. The van der Waals surface area contributed by atoms with Gasteiger partial charge in [0.15, 0.2) is 0 Å². The van der Waals surface area contributed by atoms with Crippen LogP contribution in [0.2, 0.25) is 0 Å². The Labute approximate surface area is 125 Å². The lowest BCUT2D eigenvalue weighted by Crippen LogP contribution is -2.24. The van der Waals surface area contributed by atoms with Crippen molar-refractivity contribution in [2.75, 3.05) is 17.6 Å². The number of nitrogen functional groups attached to an aromatic ring is 1. The number of anilines is 2. The molecule has 3 N–H and O–H groups in total. The third kappa shape index (κ3) is 4.95. The van der Waals surface area contributed by atoms with Crippen LogP contribution >= 0.6 is 0 Å². The van der Waals surface area contributed by atoms with Crippen LogP contribution in [0, 0.1) is 0 Å². The van der Waals surface area contributed by atoms with Gasteiger partial charge >= 0.3 is 0 Å². The summed E-state index contributed by atoms with van der Waals surface area (Å²) in [6, 6.07) is 7.65. The molecule has 0 aliphatic rings. The highest BCUT2D eigenvalue weighted by Gasteiger charge is 2.15. The van der Waals surface area contributed by atoms with Gasteiger partial charge in [-0.25, -0.2) is 0 Å². The van der Waals surface area contributed by atoms with Gasteiger partial charge in [-0.15, -0.1) is 0 Å². The molecule has 0 radical (unpaired) electrons. The van der Waals surface area contributed by atoms with Crippen LogP contribution in [0.4, 0.5) is 11.5 Å². The van der Waals surface area contributed by atoms with E-state index in [4.69, 9.17) is 10.5 Å². The van der Waals surface area contributed by atoms with Crippen molar-refractivity contribution in [2.24, 2.45) is 0 Å². The summed E-state index contributed by atoms with van der Waals surface area (Å²) in [7, 11) is 0. The third-order valence-electron chi connectivity index (χ3n) is 2.74. The molecule has 0 fully saturated rings. The molecular weight excluding hydrogens is 264 g/mol. The second-order valence-electron chi connectivity index (χ2n) is 5.84. The quantitative estimate of drug-likeness (QED) is 0.884. The third-order valence-corrected chi connectivity index (χ3v) is 2.74. The van der Waals surface area contributed by atoms with Crippen molar-refractivity contribution in [2.45, 2.75) is 32.8 Å². The molecule has 21 heavy (non-hydrogen) atoms. The van der Waals surface area contributed by atoms with Crippen molar-refractivity contribution in [3.8, 4) is 5.88 Å². The molecule has 5 nitrogen and oxygen atoms in total.